The summed E-state index contributed by atoms with van der Waals surface area (Å²) in [5.41, 5.74) is 0.801. The first-order valence-corrected chi connectivity index (χ1v) is 9.76. The number of carbonyl (C=O) groups is 1. The quantitative estimate of drug-likeness (QED) is 0.691. The van der Waals surface area contributed by atoms with Crippen LogP contribution in [0.2, 0.25) is 0 Å². The van der Waals surface area contributed by atoms with Crippen molar-refractivity contribution in [2.75, 3.05) is 33.2 Å². The van der Waals surface area contributed by atoms with E-state index in [1.54, 1.807) is 11.8 Å². The van der Waals surface area contributed by atoms with Gasteiger partial charge in [0, 0.05) is 36.0 Å². The second-order valence-corrected chi connectivity index (χ2v) is 7.75. The average Bonchev–Trinajstić information content (AvgIpc) is 2.69. The summed E-state index contributed by atoms with van der Waals surface area (Å²) in [5.74, 6) is 0.140. The molecule has 0 aliphatic carbocycles. The molecule has 0 N–H and O–H groups in total. The van der Waals surface area contributed by atoms with Crippen molar-refractivity contribution < 1.29 is 4.79 Å². The zero-order chi connectivity index (χ0) is 17.9. The topological polar surface area (TPSA) is 23.6 Å². The van der Waals surface area contributed by atoms with Crippen LogP contribution in [0.1, 0.15) is 10.4 Å². The van der Waals surface area contributed by atoms with Crippen LogP contribution in [0.25, 0.3) is 10.8 Å². The first-order valence-electron chi connectivity index (χ1n) is 8.95. The molecule has 3 aromatic carbocycles. The van der Waals surface area contributed by atoms with E-state index in [2.05, 4.69) is 60.5 Å². The molecule has 1 amide bonds. The van der Waals surface area contributed by atoms with E-state index in [1.165, 1.54) is 15.7 Å². The molecule has 1 aliphatic heterocycles. The predicted molar refractivity (Wildman–Crippen MR) is 108 cm³/mol. The Morgan fingerprint density at radius 2 is 1.46 bits per heavy atom. The number of likely N-dealkylation sites (N-methyl/N-ethyl adjacent to an activating group) is 1. The SMILES string of the molecule is CN1CCN(C(=O)c2ccccc2Sc2cccc3ccccc23)CC1. The summed E-state index contributed by atoms with van der Waals surface area (Å²) in [5, 5.41) is 2.45. The van der Waals surface area contributed by atoms with Crippen molar-refractivity contribution in [3.8, 4) is 0 Å². The largest absolute Gasteiger partial charge is 0.336 e. The minimum Gasteiger partial charge on any atom is -0.336 e. The molecule has 0 bridgehead atoms. The van der Waals surface area contributed by atoms with E-state index in [0.29, 0.717) is 0 Å². The molecule has 0 unspecified atom stereocenters. The fourth-order valence-corrected chi connectivity index (χ4v) is 4.41. The molecule has 1 saturated heterocycles. The van der Waals surface area contributed by atoms with Gasteiger partial charge in [0.2, 0.25) is 0 Å². The van der Waals surface area contributed by atoms with Crippen molar-refractivity contribution in [2.24, 2.45) is 0 Å². The lowest BCUT2D eigenvalue weighted by Crippen LogP contribution is -2.47. The molecule has 3 aromatic rings. The van der Waals surface area contributed by atoms with Crippen LogP contribution in [0.3, 0.4) is 0 Å². The number of benzene rings is 3. The molecule has 0 radical (unpaired) electrons. The van der Waals surface area contributed by atoms with Gasteiger partial charge in [-0.3, -0.25) is 4.79 Å². The molecule has 132 valence electrons. The van der Waals surface area contributed by atoms with E-state index >= 15 is 0 Å². The van der Waals surface area contributed by atoms with Crippen LogP contribution in [0, 0.1) is 0 Å². The fraction of sp³-hybridized carbons (Fsp3) is 0.227. The van der Waals surface area contributed by atoms with Crippen molar-refractivity contribution in [3.05, 3.63) is 72.3 Å². The van der Waals surface area contributed by atoms with Crippen LogP contribution < -0.4 is 0 Å². The average molecular weight is 362 g/mol. The summed E-state index contributed by atoms with van der Waals surface area (Å²) in [4.78, 5) is 19.5. The number of hydrogen-bond acceptors (Lipinski definition) is 3. The standard InChI is InChI=1S/C22H22N2OS/c1-23-13-15-24(16-14-23)22(25)19-10-4-5-11-21(19)26-20-12-6-8-17-7-2-3-9-18(17)20/h2-12H,13-16H2,1H3. The third kappa shape index (κ3) is 3.48. The van der Waals surface area contributed by atoms with Crippen LogP contribution in [0.5, 0.6) is 0 Å². The summed E-state index contributed by atoms with van der Waals surface area (Å²) >= 11 is 1.68. The number of hydrogen-bond donors (Lipinski definition) is 0. The lowest BCUT2D eigenvalue weighted by atomic mass is 10.1. The molecule has 0 atom stereocenters. The number of amides is 1. The highest BCUT2D eigenvalue weighted by molar-refractivity contribution is 7.99. The predicted octanol–water partition coefficient (Wildman–Crippen LogP) is 4.38. The van der Waals surface area contributed by atoms with Gasteiger partial charge in [0.25, 0.3) is 5.91 Å². The number of carbonyl (C=O) groups excluding carboxylic acids is 1. The molecule has 4 rings (SSSR count). The van der Waals surface area contributed by atoms with E-state index in [1.807, 2.05) is 23.1 Å². The van der Waals surface area contributed by atoms with Gasteiger partial charge in [-0.05, 0) is 36.0 Å². The Morgan fingerprint density at radius 1 is 0.808 bits per heavy atom. The van der Waals surface area contributed by atoms with Crippen LogP contribution in [0.4, 0.5) is 0 Å². The van der Waals surface area contributed by atoms with Crippen molar-refractivity contribution in [1.82, 2.24) is 9.80 Å². The Labute approximate surface area is 158 Å². The molecule has 1 aliphatic rings. The smallest absolute Gasteiger partial charge is 0.255 e. The van der Waals surface area contributed by atoms with Gasteiger partial charge in [0.15, 0.2) is 0 Å². The normalized spacial score (nSPS) is 15.3. The summed E-state index contributed by atoms with van der Waals surface area (Å²) in [6, 6.07) is 22.7. The maximum absolute atomic E-state index is 13.1. The molecule has 1 heterocycles. The van der Waals surface area contributed by atoms with Gasteiger partial charge >= 0.3 is 0 Å². The lowest BCUT2D eigenvalue weighted by molar-refractivity contribution is 0.0660. The summed E-state index contributed by atoms with van der Waals surface area (Å²) in [6.45, 7) is 3.46. The summed E-state index contributed by atoms with van der Waals surface area (Å²) in [6.07, 6.45) is 0. The van der Waals surface area contributed by atoms with Gasteiger partial charge in [0.1, 0.15) is 0 Å². The Balaban J connectivity index is 1.64. The molecule has 1 fully saturated rings. The van der Waals surface area contributed by atoms with Gasteiger partial charge in [-0.15, -0.1) is 0 Å². The van der Waals surface area contributed by atoms with Crippen molar-refractivity contribution >= 4 is 28.4 Å². The Morgan fingerprint density at radius 3 is 2.31 bits per heavy atom. The maximum atomic E-state index is 13.1. The van der Waals surface area contributed by atoms with Crippen LogP contribution in [-0.4, -0.2) is 48.9 Å². The molecule has 0 saturated carbocycles. The molecule has 0 aromatic heterocycles. The molecule has 0 spiro atoms. The molecular weight excluding hydrogens is 340 g/mol. The number of rotatable bonds is 3. The number of piperazine rings is 1. The van der Waals surface area contributed by atoms with Crippen molar-refractivity contribution in [3.63, 3.8) is 0 Å². The zero-order valence-corrected chi connectivity index (χ0v) is 15.7. The molecular formula is C22H22N2OS. The maximum Gasteiger partial charge on any atom is 0.255 e. The van der Waals surface area contributed by atoms with E-state index in [4.69, 9.17) is 0 Å². The lowest BCUT2D eigenvalue weighted by Gasteiger charge is -2.32. The van der Waals surface area contributed by atoms with Crippen LogP contribution in [-0.2, 0) is 0 Å². The van der Waals surface area contributed by atoms with Gasteiger partial charge in [-0.2, -0.15) is 0 Å². The highest BCUT2D eigenvalue weighted by Crippen LogP contribution is 2.35. The highest BCUT2D eigenvalue weighted by atomic mass is 32.2. The Hall–Kier alpha value is -2.30. The van der Waals surface area contributed by atoms with Crippen LogP contribution >= 0.6 is 11.8 Å². The summed E-state index contributed by atoms with van der Waals surface area (Å²) in [7, 11) is 2.10. The Bertz CT molecular complexity index is 927. The summed E-state index contributed by atoms with van der Waals surface area (Å²) < 4.78 is 0. The highest BCUT2D eigenvalue weighted by Gasteiger charge is 2.22. The second kappa shape index (κ2) is 7.52. The van der Waals surface area contributed by atoms with E-state index in [-0.39, 0.29) is 5.91 Å². The van der Waals surface area contributed by atoms with Crippen LogP contribution in [0.15, 0.2) is 76.5 Å². The third-order valence-electron chi connectivity index (χ3n) is 4.88. The number of fused-ring (bicyclic) bond motifs is 1. The fourth-order valence-electron chi connectivity index (χ4n) is 3.32. The molecule has 26 heavy (non-hydrogen) atoms. The Kier molecular flexibility index (Phi) is 4.96. The van der Waals surface area contributed by atoms with E-state index < -0.39 is 0 Å². The molecule has 4 heteroatoms. The second-order valence-electron chi connectivity index (χ2n) is 6.67. The monoisotopic (exact) mass is 362 g/mol. The zero-order valence-electron chi connectivity index (χ0n) is 14.9. The molecule has 3 nitrogen and oxygen atoms in total. The van der Waals surface area contributed by atoms with Gasteiger partial charge < -0.3 is 9.80 Å². The third-order valence-corrected chi connectivity index (χ3v) is 6.03. The minimum absolute atomic E-state index is 0.140. The first-order chi connectivity index (χ1) is 12.7. The van der Waals surface area contributed by atoms with Gasteiger partial charge in [0.05, 0.1) is 5.56 Å². The van der Waals surface area contributed by atoms with Crippen molar-refractivity contribution in [2.45, 2.75) is 9.79 Å². The van der Waals surface area contributed by atoms with E-state index in [9.17, 15) is 4.79 Å². The minimum atomic E-state index is 0.140. The first kappa shape index (κ1) is 17.1. The van der Waals surface area contributed by atoms with Crippen molar-refractivity contribution in [1.29, 1.82) is 0 Å². The van der Waals surface area contributed by atoms with Gasteiger partial charge in [-0.25, -0.2) is 0 Å². The number of nitrogens with zero attached hydrogens (tertiary/aromatic N) is 2. The van der Waals surface area contributed by atoms with E-state index in [0.717, 1.165) is 36.6 Å². The van der Waals surface area contributed by atoms with Gasteiger partial charge in [-0.1, -0.05) is 60.3 Å².